The molecule has 1 aromatic rings. The van der Waals surface area contributed by atoms with Gasteiger partial charge < -0.3 is 15.3 Å². The van der Waals surface area contributed by atoms with Gasteiger partial charge in [-0.3, -0.25) is 10.1 Å². The third kappa shape index (κ3) is 2.77. The fourth-order valence-corrected chi connectivity index (χ4v) is 3.04. The zero-order valence-electron chi connectivity index (χ0n) is 12.4. The van der Waals surface area contributed by atoms with Crippen molar-refractivity contribution in [3.63, 3.8) is 0 Å². The van der Waals surface area contributed by atoms with Crippen LogP contribution in [-0.4, -0.2) is 34.7 Å². The molecule has 1 aromatic carbocycles. The maximum atomic E-state index is 12.5. The lowest BCUT2D eigenvalue weighted by Crippen LogP contribution is -2.53. The van der Waals surface area contributed by atoms with Gasteiger partial charge in [-0.05, 0) is 36.3 Å². The van der Waals surface area contributed by atoms with Crippen molar-refractivity contribution >= 4 is 27.9 Å². The van der Waals surface area contributed by atoms with Crippen molar-refractivity contribution in [2.45, 2.75) is 18.7 Å². The number of hydrogen-bond acceptors (Lipinski definition) is 4. The number of halogens is 1. The summed E-state index contributed by atoms with van der Waals surface area (Å²) in [6.45, 7) is 1.93. The van der Waals surface area contributed by atoms with Crippen LogP contribution in [0.1, 0.15) is 12.5 Å². The first-order valence-electron chi connectivity index (χ1n) is 7.11. The van der Waals surface area contributed by atoms with Gasteiger partial charge >= 0.3 is 6.03 Å². The zero-order chi connectivity index (χ0) is 16.6. The highest BCUT2D eigenvalue weighted by atomic mass is 79.9. The van der Waals surface area contributed by atoms with Crippen LogP contribution in [-0.2, 0) is 10.3 Å². The molecule has 0 aliphatic carbocycles. The van der Waals surface area contributed by atoms with Crippen LogP contribution in [0.2, 0.25) is 0 Å². The van der Waals surface area contributed by atoms with Crippen LogP contribution in [0.4, 0.5) is 4.79 Å². The van der Waals surface area contributed by atoms with Crippen molar-refractivity contribution in [1.29, 1.82) is 0 Å². The van der Waals surface area contributed by atoms with Crippen LogP contribution in [0.15, 0.2) is 52.7 Å². The number of hydrogen-bond donors (Lipinski definition) is 3. The molecule has 2 aliphatic rings. The molecule has 0 bridgehead atoms. The minimum Gasteiger partial charge on any atom is -0.370 e. The fraction of sp³-hybridized carbons (Fsp3) is 0.250. The lowest BCUT2D eigenvalue weighted by atomic mass is 9.89. The normalized spacial score (nSPS) is 26.8. The Hall–Kier alpha value is -2.12. The topological polar surface area (TPSA) is 81.7 Å². The third-order valence-corrected chi connectivity index (χ3v) is 4.59. The van der Waals surface area contributed by atoms with E-state index in [1.807, 2.05) is 12.1 Å². The fourth-order valence-electron chi connectivity index (χ4n) is 2.78. The van der Waals surface area contributed by atoms with Crippen LogP contribution in [0.5, 0.6) is 0 Å². The molecule has 2 atom stereocenters. The van der Waals surface area contributed by atoms with E-state index in [1.165, 1.54) is 0 Å². The molecule has 1 fully saturated rings. The van der Waals surface area contributed by atoms with Crippen molar-refractivity contribution < 1.29 is 14.7 Å². The summed E-state index contributed by atoms with van der Waals surface area (Å²) >= 11 is 3.36. The van der Waals surface area contributed by atoms with E-state index < -0.39 is 23.7 Å². The van der Waals surface area contributed by atoms with E-state index in [-0.39, 0.29) is 6.54 Å². The highest BCUT2D eigenvalue weighted by Gasteiger charge is 2.49. The molecule has 3 rings (SSSR count). The summed E-state index contributed by atoms with van der Waals surface area (Å²) < 4.78 is 0.873. The smallest absolute Gasteiger partial charge is 0.322 e. The lowest BCUT2D eigenvalue weighted by molar-refractivity contribution is -0.125. The minimum atomic E-state index is -1.25. The Morgan fingerprint density at radius 3 is 2.61 bits per heavy atom. The van der Waals surface area contributed by atoms with Crippen molar-refractivity contribution in [3.05, 3.63) is 58.2 Å². The minimum absolute atomic E-state index is 0.120. The van der Waals surface area contributed by atoms with Crippen LogP contribution in [0.3, 0.4) is 0 Å². The molecule has 0 radical (unpaired) electrons. The van der Waals surface area contributed by atoms with Gasteiger partial charge in [-0.2, -0.15) is 0 Å². The Labute approximate surface area is 142 Å². The van der Waals surface area contributed by atoms with Gasteiger partial charge in [-0.15, -0.1) is 0 Å². The molecule has 120 valence electrons. The summed E-state index contributed by atoms with van der Waals surface area (Å²) in [6, 6.07) is 6.63. The van der Waals surface area contributed by atoms with Crippen molar-refractivity contribution in [3.8, 4) is 0 Å². The summed E-state index contributed by atoms with van der Waals surface area (Å²) in [6.07, 6.45) is 4.47. The summed E-state index contributed by atoms with van der Waals surface area (Å²) in [7, 11) is 0. The Morgan fingerprint density at radius 2 is 2.00 bits per heavy atom. The van der Waals surface area contributed by atoms with Gasteiger partial charge in [-0.25, -0.2) is 4.79 Å². The van der Waals surface area contributed by atoms with E-state index in [4.69, 9.17) is 0 Å². The molecule has 2 heterocycles. The number of allylic oxidation sites excluding steroid dienone is 2. The molecule has 2 unspecified atom stereocenters. The van der Waals surface area contributed by atoms with Gasteiger partial charge in [0.05, 0.1) is 6.54 Å². The second kappa shape index (κ2) is 5.82. The number of benzene rings is 1. The first-order chi connectivity index (χ1) is 10.9. The van der Waals surface area contributed by atoms with Crippen LogP contribution >= 0.6 is 15.9 Å². The number of amides is 3. The molecule has 3 amide bonds. The average molecular weight is 378 g/mol. The van der Waals surface area contributed by atoms with E-state index in [9.17, 15) is 14.7 Å². The zero-order valence-corrected chi connectivity index (χ0v) is 14.0. The van der Waals surface area contributed by atoms with Crippen LogP contribution < -0.4 is 10.6 Å². The summed E-state index contributed by atoms with van der Waals surface area (Å²) in [4.78, 5) is 25.9. The standard InChI is InChI=1S/C16H16BrN3O3/c1-10-3-2-8-20(13(10)21)9-16(14(22)18-15(23)19-16)11-4-6-12(17)7-5-11/h2-8,13,21H,9H2,1H3,(H2,18,19,22,23). The Morgan fingerprint density at radius 1 is 1.30 bits per heavy atom. The molecule has 0 aromatic heterocycles. The maximum Gasteiger partial charge on any atom is 0.322 e. The van der Waals surface area contributed by atoms with Crippen molar-refractivity contribution in [2.24, 2.45) is 0 Å². The van der Waals surface area contributed by atoms with Gasteiger partial charge in [0.15, 0.2) is 5.54 Å². The van der Waals surface area contributed by atoms with E-state index in [0.29, 0.717) is 5.56 Å². The molecule has 3 N–H and O–H groups in total. The van der Waals surface area contributed by atoms with Gasteiger partial charge in [-0.1, -0.05) is 34.1 Å². The van der Waals surface area contributed by atoms with E-state index in [1.54, 1.807) is 42.3 Å². The number of aliphatic hydroxyl groups excluding tert-OH is 1. The number of nitrogens with zero attached hydrogens (tertiary/aromatic N) is 1. The Kier molecular flexibility index (Phi) is 3.99. The molecular formula is C16H16BrN3O3. The predicted octanol–water partition coefficient (Wildman–Crippen LogP) is 1.58. The predicted molar refractivity (Wildman–Crippen MR) is 88.1 cm³/mol. The average Bonchev–Trinajstić information content (AvgIpc) is 2.79. The quantitative estimate of drug-likeness (QED) is 0.698. The monoisotopic (exact) mass is 377 g/mol. The van der Waals surface area contributed by atoms with E-state index in [0.717, 1.165) is 10.0 Å². The van der Waals surface area contributed by atoms with Gasteiger partial charge in [0.2, 0.25) is 0 Å². The largest absolute Gasteiger partial charge is 0.370 e. The number of carbonyl (C=O) groups is 2. The molecule has 23 heavy (non-hydrogen) atoms. The molecule has 1 saturated heterocycles. The molecule has 2 aliphatic heterocycles. The Balaban J connectivity index is 1.99. The molecule has 0 spiro atoms. The summed E-state index contributed by atoms with van der Waals surface area (Å²) in [5.41, 5.74) is 0.167. The molecule has 0 saturated carbocycles. The maximum absolute atomic E-state index is 12.5. The first-order valence-corrected chi connectivity index (χ1v) is 7.90. The molecular weight excluding hydrogens is 362 g/mol. The van der Waals surface area contributed by atoms with Crippen LogP contribution in [0.25, 0.3) is 0 Å². The molecule has 6 nitrogen and oxygen atoms in total. The summed E-state index contributed by atoms with van der Waals surface area (Å²) in [5, 5.41) is 15.3. The second-order valence-corrected chi connectivity index (χ2v) is 6.53. The highest BCUT2D eigenvalue weighted by molar-refractivity contribution is 9.10. The SMILES string of the molecule is CC1=CC=CN(CC2(c3ccc(Br)cc3)NC(=O)NC2=O)C1O. The second-order valence-electron chi connectivity index (χ2n) is 5.62. The lowest BCUT2D eigenvalue weighted by Gasteiger charge is -2.36. The molecule has 7 heteroatoms. The first kappa shape index (κ1) is 15.8. The number of aliphatic hydroxyl groups is 1. The summed E-state index contributed by atoms with van der Waals surface area (Å²) in [5.74, 6) is -0.433. The van der Waals surface area contributed by atoms with Gasteiger partial charge in [0.25, 0.3) is 5.91 Å². The van der Waals surface area contributed by atoms with Gasteiger partial charge in [0, 0.05) is 10.7 Å². The van der Waals surface area contributed by atoms with Crippen molar-refractivity contribution in [2.75, 3.05) is 6.54 Å². The highest BCUT2D eigenvalue weighted by Crippen LogP contribution is 2.29. The van der Waals surface area contributed by atoms with Crippen LogP contribution in [0, 0.1) is 0 Å². The van der Waals surface area contributed by atoms with E-state index >= 15 is 0 Å². The van der Waals surface area contributed by atoms with Crippen molar-refractivity contribution in [1.82, 2.24) is 15.5 Å². The number of rotatable bonds is 3. The number of imide groups is 1. The Bertz CT molecular complexity index is 714. The van der Waals surface area contributed by atoms with Gasteiger partial charge in [0.1, 0.15) is 6.23 Å². The number of carbonyl (C=O) groups excluding carboxylic acids is 2. The number of urea groups is 1. The third-order valence-electron chi connectivity index (χ3n) is 4.06. The van der Waals surface area contributed by atoms with E-state index in [2.05, 4.69) is 26.6 Å². The number of nitrogens with one attached hydrogen (secondary N) is 2.